The Bertz CT molecular complexity index is 932. The molecule has 0 radical (unpaired) electrons. The maximum Gasteiger partial charge on any atom is 0.228 e. The molecule has 1 saturated heterocycles. The molecule has 128 valence electrons. The van der Waals surface area contributed by atoms with E-state index < -0.39 is 0 Å². The number of aromatic nitrogens is 5. The fraction of sp³-hybridized carbons (Fsp3) is 0.412. The summed E-state index contributed by atoms with van der Waals surface area (Å²) in [6.45, 7) is 1.86. The third-order valence-electron chi connectivity index (χ3n) is 5.11. The van der Waals surface area contributed by atoms with Crippen LogP contribution in [0.15, 0.2) is 36.8 Å². The number of ether oxygens (including phenoxy) is 1. The molecule has 3 aromatic rings. The van der Waals surface area contributed by atoms with Crippen molar-refractivity contribution in [3.05, 3.63) is 48.2 Å². The van der Waals surface area contributed by atoms with Crippen molar-refractivity contribution in [2.45, 2.75) is 31.6 Å². The summed E-state index contributed by atoms with van der Waals surface area (Å²) < 4.78 is 9.79. The number of hydrogen-bond donors (Lipinski definition) is 0. The molecular formula is C17H18N6O2. The molecule has 2 aliphatic rings. The van der Waals surface area contributed by atoms with E-state index in [0.717, 1.165) is 23.5 Å². The first kappa shape index (κ1) is 14.6. The Balaban J connectivity index is 1.35. The second-order valence-electron chi connectivity index (χ2n) is 6.57. The van der Waals surface area contributed by atoms with Crippen molar-refractivity contribution >= 4 is 11.6 Å². The van der Waals surface area contributed by atoms with Gasteiger partial charge in [0.2, 0.25) is 5.91 Å². The second-order valence-corrected chi connectivity index (χ2v) is 6.57. The van der Waals surface area contributed by atoms with Crippen LogP contribution in [0, 0.1) is 0 Å². The number of pyridine rings is 1. The standard InChI is InChI=1S/C17H18N6O2/c24-17(7-12-8-18-16-3-1-2-5-22(12)16)21-6-4-15-14(10-21)23-13(11-25-15)9-19-20-23/h1-3,5,8-9,14-15H,4,6-7,10-11H2/t14-,15-/m0/s1. The third kappa shape index (κ3) is 2.41. The van der Waals surface area contributed by atoms with Gasteiger partial charge >= 0.3 is 0 Å². The number of nitrogens with zero attached hydrogens (tertiary/aromatic N) is 6. The molecule has 5 rings (SSSR count). The van der Waals surface area contributed by atoms with Gasteiger partial charge in [-0.1, -0.05) is 11.3 Å². The second kappa shape index (κ2) is 5.66. The Labute approximate surface area is 144 Å². The summed E-state index contributed by atoms with van der Waals surface area (Å²) in [5.74, 6) is 0.108. The summed E-state index contributed by atoms with van der Waals surface area (Å²) >= 11 is 0. The molecule has 0 aliphatic carbocycles. The van der Waals surface area contributed by atoms with E-state index in [4.69, 9.17) is 4.74 Å². The number of amides is 1. The zero-order chi connectivity index (χ0) is 16.8. The fourth-order valence-corrected chi connectivity index (χ4v) is 3.79. The summed E-state index contributed by atoms with van der Waals surface area (Å²) in [6, 6.07) is 5.87. The van der Waals surface area contributed by atoms with Crippen molar-refractivity contribution in [3.63, 3.8) is 0 Å². The number of hydrogen-bond acceptors (Lipinski definition) is 5. The van der Waals surface area contributed by atoms with E-state index in [-0.39, 0.29) is 18.1 Å². The molecule has 0 saturated carbocycles. The number of likely N-dealkylation sites (tertiary alicyclic amines) is 1. The highest BCUT2D eigenvalue weighted by Gasteiger charge is 2.37. The van der Waals surface area contributed by atoms with Crippen molar-refractivity contribution < 1.29 is 9.53 Å². The molecule has 1 fully saturated rings. The predicted molar refractivity (Wildman–Crippen MR) is 87.7 cm³/mol. The van der Waals surface area contributed by atoms with Gasteiger partial charge in [-0.05, 0) is 18.6 Å². The highest BCUT2D eigenvalue weighted by molar-refractivity contribution is 5.78. The number of carbonyl (C=O) groups excluding carboxylic acids is 1. The first-order valence-electron chi connectivity index (χ1n) is 8.49. The van der Waals surface area contributed by atoms with Crippen molar-refractivity contribution in [3.8, 4) is 0 Å². The van der Waals surface area contributed by atoms with Crippen LogP contribution in [0.3, 0.4) is 0 Å². The summed E-state index contributed by atoms with van der Waals surface area (Å²) in [7, 11) is 0. The van der Waals surface area contributed by atoms with Gasteiger partial charge in [0.1, 0.15) is 5.65 Å². The lowest BCUT2D eigenvalue weighted by atomic mass is 10.00. The Hall–Kier alpha value is -2.74. The topological polar surface area (TPSA) is 77.6 Å². The summed E-state index contributed by atoms with van der Waals surface area (Å²) in [5.41, 5.74) is 2.73. The van der Waals surface area contributed by atoms with E-state index in [0.29, 0.717) is 26.1 Å². The number of rotatable bonds is 2. The van der Waals surface area contributed by atoms with Crippen LogP contribution in [-0.2, 0) is 22.6 Å². The summed E-state index contributed by atoms with van der Waals surface area (Å²) in [4.78, 5) is 19.1. The van der Waals surface area contributed by atoms with E-state index in [2.05, 4.69) is 15.3 Å². The molecule has 0 N–H and O–H groups in total. The largest absolute Gasteiger partial charge is 0.370 e. The molecule has 0 aromatic carbocycles. The molecule has 1 amide bonds. The first-order chi connectivity index (χ1) is 12.3. The minimum Gasteiger partial charge on any atom is -0.370 e. The molecule has 0 bridgehead atoms. The Kier molecular flexibility index (Phi) is 3.30. The van der Waals surface area contributed by atoms with Gasteiger partial charge in [-0.2, -0.15) is 0 Å². The Morgan fingerprint density at radius 3 is 3.24 bits per heavy atom. The molecule has 2 aliphatic heterocycles. The van der Waals surface area contributed by atoms with Gasteiger partial charge in [-0.3, -0.25) is 4.79 Å². The molecular weight excluding hydrogens is 320 g/mol. The zero-order valence-electron chi connectivity index (χ0n) is 13.7. The number of fused-ring (bicyclic) bond motifs is 4. The van der Waals surface area contributed by atoms with Gasteiger partial charge in [0.05, 0.1) is 42.8 Å². The predicted octanol–water partition coefficient (Wildman–Crippen LogP) is 0.841. The Morgan fingerprint density at radius 2 is 2.28 bits per heavy atom. The maximum atomic E-state index is 12.8. The quantitative estimate of drug-likeness (QED) is 0.692. The maximum absolute atomic E-state index is 12.8. The first-order valence-corrected chi connectivity index (χ1v) is 8.49. The van der Waals surface area contributed by atoms with Gasteiger partial charge in [0, 0.05) is 25.5 Å². The van der Waals surface area contributed by atoms with Crippen molar-refractivity contribution in [2.24, 2.45) is 0 Å². The number of carbonyl (C=O) groups is 1. The van der Waals surface area contributed by atoms with Gasteiger partial charge in [0.25, 0.3) is 0 Å². The van der Waals surface area contributed by atoms with Crippen LogP contribution in [0.2, 0.25) is 0 Å². The monoisotopic (exact) mass is 338 g/mol. The van der Waals surface area contributed by atoms with Crippen molar-refractivity contribution in [1.29, 1.82) is 0 Å². The van der Waals surface area contributed by atoms with Crippen LogP contribution in [0.4, 0.5) is 0 Å². The van der Waals surface area contributed by atoms with Crippen LogP contribution >= 0.6 is 0 Å². The lowest BCUT2D eigenvalue weighted by Crippen LogP contribution is -2.50. The lowest BCUT2D eigenvalue weighted by Gasteiger charge is -2.41. The molecule has 0 spiro atoms. The van der Waals surface area contributed by atoms with Crippen LogP contribution in [0.5, 0.6) is 0 Å². The number of imidazole rings is 1. The average Bonchev–Trinajstić information content (AvgIpc) is 3.28. The molecule has 3 aromatic heterocycles. The Morgan fingerprint density at radius 1 is 1.32 bits per heavy atom. The molecule has 2 atom stereocenters. The SMILES string of the molecule is O=C(Cc1cnc2ccccn12)N1CC[C@@H]2OCc3cnnn3[C@H]2C1. The van der Waals surface area contributed by atoms with E-state index in [1.54, 1.807) is 12.4 Å². The van der Waals surface area contributed by atoms with Crippen molar-refractivity contribution in [1.82, 2.24) is 29.3 Å². The lowest BCUT2D eigenvalue weighted by molar-refractivity contribution is -0.137. The van der Waals surface area contributed by atoms with Gasteiger partial charge < -0.3 is 14.0 Å². The molecule has 8 heteroatoms. The molecule has 8 nitrogen and oxygen atoms in total. The van der Waals surface area contributed by atoms with Crippen LogP contribution in [-0.4, -0.2) is 54.4 Å². The molecule has 5 heterocycles. The van der Waals surface area contributed by atoms with Gasteiger partial charge in [-0.15, -0.1) is 5.10 Å². The minimum absolute atomic E-state index is 0.0473. The summed E-state index contributed by atoms with van der Waals surface area (Å²) in [6.07, 6.45) is 6.72. The van der Waals surface area contributed by atoms with Crippen LogP contribution in [0.1, 0.15) is 23.9 Å². The van der Waals surface area contributed by atoms with E-state index in [1.165, 1.54) is 0 Å². The molecule has 0 unspecified atom stereocenters. The number of piperidine rings is 1. The zero-order valence-corrected chi connectivity index (χ0v) is 13.7. The van der Waals surface area contributed by atoms with Crippen LogP contribution in [0.25, 0.3) is 5.65 Å². The average molecular weight is 338 g/mol. The minimum atomic E-state index is 0.0473. The smallest absolute Gasteiger partial charge is 0.228 e. The van der Waals surface area contributed by atoms with Crippen LogP contribution < -0.4 is 0 Å². The summed E-state index contributed by atoms with van der Waals surface area (Å²) in [5, 5.41) is 8.16. The van der Waals surface area contributed by atoms with Gasteiger partial charge in [0.15, 0.2) is 0 Å². The van der Waals surface area contributed by atoms with E-state index in [9.17, 15) is 4.79 Å². The highest BCUT2D eigenvalue weighted by atomic mass is 16.5. The molecule has 25 heavy (non-hydrogen) atoms. The fourth-order valence-electron chi connectivity index (χ4n) is 3.79. The normalized spacial score (nSPS) is 22.6. The van der Waals surface area contributed by atoms with Crippen molar-refractivity contribution in [2.75, 3.05) is 13.1 Å². The van der Waals surface area contributed by atoms with E-state index in [1.807, 2.05) is 38.4 Å². The van der Waals surface area contributed by atoms with E-state index >= 15 is 0 Å². The highest BCUT2D eigenvalue weighted by Crippen LogP contribution is 2.30. The third-order valence-corrected chi connectivity index (χ3v) is 5.11. The van der Waals surface area contributed by atoms with Gasteiger partial charge in [-0.25, -0.2) is 9.67 Å².